The number of carboxylic acids is 1. The maximum Gasteiger partial charge on any atom is 0.433 e. The number of aryl methyl sites for hydroxylation is 4. The summed E-state index contributed by atoms with van der Waals surface area (Å²) in [5.41, 5.74) is 2.83. The fraction of sp³-hybridized carbons (Fsp3) is 0.352. The topological polar surface area (TPSA) is 444 Å². The number of carbonyl (C=O) groups is 6. The van der Waals surface area contributed by atoms with Gasteiger partial charge in [-0.2, -0.15) is 31.6 Å². The summed E-state index contributed by atoms with van der Waals surface area (Å²) in [5.74, 6) is -3.73. The van der Waals surface area contributed by atoms with E-state index in [9.17, 15) is 76.8 Å². The van der Waals surface area contributed by atoms with Gasteiger partial charge >= 0.3 is 24.1 Å². The lowest BCUT2D eigenvalue weighted by atomic mass is 9.91. The van der Waals surface area contributed by atoms with Crippen molar-refractivity contribution in [2.75, 3.05) is 52.7 Å². The van der Waals surface area contributed by atoms with E-state index >= 15 is 0 Å². The molecule has 0 spiro atoms. The SMILES string of the molecule is CCc1cc(C)cc(CC)c1-c1c(OC(=O)C(C)(C)C)n2n(c1=O)CCOCC2.COc1cc(OC)nc(NC(=O)NS(=O)(=O)c2nc(C(F)(F)F)ccc2C(=O)O)n1.COc1ccccc1C(=O)NS(=O)(=O)c1ccc(C(=O)NC2CC2)cc1.Cc1c(C(=O)c2c[nH]n(C)c2=O)ccc(S(C)(=O)=O)c1C1=NOCC1. The number of halogens is 3. The van der Waals surface area contributed by atoms with Gasteiger partial charge in [-0.1, -0.05) is 48.8 Å². The molecule has 588 valence electrons. The van der Waals surface area contributed by atoms with E-state index in [1.54, 1.807) is 34.5 Å². The van der Waals surface area contributed by atoms with Gasteiger partial charge in [0.15, 0.2) is 20.6 Å². The second kappa shape index (κ2) is 34.8. The van der Waals surface area contributed by atoms with Gasteiger partial charge in [0.1, 0.15) is 29.2 Å². The summed E-state index contributed by atoms with van der Waals surface area (Å²) in [6.45, 7) is 15.5. The Morgan fingerprint density at radius 1 is 0.691 bits per heavy atom. The van der Waals surface area contributed by atoms with Crippen LogP contribution in [-0.4, -0.2) is 159 Å². The summed E-state index contributed by atoms with van der Waals surface area (Å²) < 4.78 is 146. The second-order valence-electron chi connectivity index (χ2n) is 25.6. The van der Waals surface area contributed by atoms with Crippen LogP contribution in [0, 0.1) is 19.3 Å². The van der Waals surface area contributed by atoms with E-state index in [1.807, 2.05) is 30.8 Å². The number of sulfonamides is 2. The first-order valence-electron chi connectivity index (χ1n) is 33.5. The minimum atomic E-state index is -5.14. The van der Waals surface area contributed by atoms with Crippen LogP contribution in [0.2, 0.25) is 0 Å². The highest BCUT2D eigenvalue weighted by molar-refractivity contribution is 7.91. The third kappa shape index (κ3) is 20.2. The third-order valence-electron chi connectivity index (χ3n) is 16.6. The van der Waals surface area contributed by atoms with Gasteiger partial charge < -0.3 is 44.0 Å². The highest BCUT2D eigenvalue weighted by Crippen LogP contribution is 2.37. The van der Waals surface area contributed by atoms with Gasteiger partial charge in [0, 0.05) is 48.7 Å². The van der Waals surface area contributed by atoms with Crippen LogP contribution in [0.4, 0.5) is 23.9 Å². The van der Waals surface area contributed by atoms with Crippen LogP contribution in [0.5, 0.6) is 23.4 Å². The van der Waals surface area contributed by atoms with Crippen LogP contribution in [0.1, 0.15) is 134 Å². The molecule has 8 aromatic rings. The minimum Gasteiger partial charge on any atom is -0.496 e. The lowest BCUT2D eigenvalue weighted by Gasteiger charge is -2.19. The number of benzene rings is 4. The van der Waals surface area contributed by atoms with Crippen molar-refractivity contribution in [1.82, 2.24) is 48.9 Å². The predicted octanol–water partition coefficient (Wildman–Crippen LogP) is 7.33. The molecular formula is C71H79F3N12O21S3. The zero-order chi connectivity index (χ0) is 81.1. The van der Waals surface area contributed by atoms with Crippen LogP contribution in [0.3, 0.4) is 0 Å². The van der Waals surface area contributed by atoms with Gasteiger partial charge in [0.05, 0.1) is 85.7 Å². The van der Waals surface area contributed by atoms with Crippen LogP contribution < -0.4 is 50.1 Å². The van der Waals surface area contributed by atoms with Gasteiger partial charge in [-0.05, 0) is 143 Å². The molecule has 1 saturated carbocycles. The number of aromatic carboxylic acids is 1. The molecule has 0 unspecified atom stereocenters. The Labute approximate surface area is 628 Å². The number of carboxylic acid groups (broad SMARTS) is 1. The Morgan fingerprint density at radius 2 is 1.30 bits per heavy atom. The maximum atomic E-state index is 13.5. The van der Waals surface area contributed by atoms with Crippen LogP contribution >= 0.6 is 0 Å². The molecule has 2 aliphatic heterocycles. The van der Waals surface area contributed by atoms with Crippen molar-refractivity contribution in [3.8, 4) is 34.5 Å². The Balaban J connectivity index is 0.000000185. The molecule has 110 heavy (non-hydrogen) atoms. The number of pyridine rings is 1. The molecule has 3 aliphatic rings. The van der Waals surface area contributed by atoms with E-state index < -0.39 is 93.0 Å². The normalized spacial score (nSPS) is 13.4. The smallest absolute Gasteiger partial charge is 0.433 e. The Morgan fingerprint density at radius 3 is 1.83 bits per heavy atom. The van der Waals surface area contributed by atoms with Gasteiger partial charge in [-0.25, -0.2) is 50.2 Å². The van der Waals surface area contributed by atoms with Crippen molar-refractivity contribution < 1.29 is 101 Å². The molecule has 1 aliphatic carbocycles. The number of H-pyrrole nitrogens is 1. The van der Waals surface area contributed by atoms with Gasteiger partial charge in [0.25, 0.3) is 43.0 Å². The van der Waals surface area contributed by atoms with E-state index in [-0.39, 0.29) is 67.5 Å². The van der Waals surface area contributed by atoms with Crippen molar-refractivity contribution in [2.45, 2.75) is 121 Å². The second-order valence-corrected chi connectivity index (χ2v) is 30.9. The zero-order valence-electron chi connectivity index (χ0n) is 61.5. The van der Waals surface area contributed by atoms with Gasteiger partial charge in [-0.15, -0.1) is 0 Å². The molecular weight excluding hydrogens is 1510 g/mol. The number of urea groups is 1. The molecule has 39 heteroatoms. The number of methoxy groups -OCH3 is 3. The average Bonchev–Trinajstić information content (AvgIpc) is 1.60. The van der Waals surface area contributed by atoms with Crippen LogP contribution in [0.25, 0.3) is 11.1 Å². The first-order valence-corrected chi connectivity index (χ1v) is 38.4. The largest absolute Gasteiger partial charge is 0.496 e. The molecule has 33 nitrogen and oxygen atoms in total. The first-order chi connectivity index (χ1) is 51.7. The quantitative estimate of drug-likeness (QED) is 0.0321. The monoisotopic (exact) mass is 1590 g/mol. The number of nitrogens with one attached hydrogen (secondary N) is 5. The number of carbonyl (C=O) groups excluding carboxylic acids is 5. The minimum absolute atomic E-state index is 0.00623. The fourth-order valence-corrected chi connectivity index (χ4v) is 13.9. The number of amides is 4. The summed E-state index contributed by atoms with van der Waals surface area (Å²) in [5, 5.41) is 18.8. The number of para-hydroxylation sites is 1. The number of aromatic amines is 1. The molecule has 4 amide bonds. The lowest BCUT2D eigenvalue weighted by molar-refractivity contribution is -0.143. The van der Waals surface area contributed by atoms with Gasteiger partial charge in [0.2, 0.25) is 23.6 Å². The average molecular weight is 1590 g/mol. The molecule has 0 saturated heterocycles. The molecule has 4 aromatic heterocycles. The number of hydrogen-bond acceptors (Lipinski definition) is 24. The first kappa shape index (κ1) is 84.0. The van der Waals surface area contributed by atoms with Crippen molar-refractivity contribution in [1.29, 1.82) is 0 Å². The van der Waals surface area contributed by atoms with Crippen molar-refractivity contribution in [2.24, 2.45) is 17.6 Å². The molecule has 6 N–H and O–H groups in total. The number of ketones is 1. The number of alkyl halides is 3. The summed E-state index contributed by atoms with van der Waals surface area (Å²) in [4.78, 5) is 114. The molecule has 11 rings (SSSR count). The number of rotatable bonds is 20. The maximum absolute atomic E-state index is 13.5. The Hall–Kier alpha value is -11.6. The third-order valence-corrected chi connectivity index (χ3v) is 20.4. The summed E-state index contributed by atoms with van der Waals surface area (Å²) in [6, 6.07) is 19.4. The highest BCUT2D eigenvalue weighted by atomic mass is 32.2. The fourth-order valence-electron chi connectivity index (χ4n) is 10.9. The number of sulfone groups is 1. The van der Waals surface area contributed by atoms with E-state index in [0.29, 0.717) is 85.3 Å². The predicted molar refractivity (Wildman–Crippen MR) is 390 cm³/mol. The number of fused-ring (bicyclic) bond motifs is 1. The number of aromatic nitrogens is 7. The number of oxime groups is 1. The highest BCUT2D eigenvalue weighted by Gasteiger charge is 2.38. The van der Waals surface area contributed by atoms with Crippen molar-refractivity contribution in [3.63, 3.8) is 0 Å². The van der Waals surface area contributed by atoms with Crippen LogP contribution in [0.15, 0.2) is 127 Å². The summed E-state index contributed by atoms with van der Waals surface area (Å²) in [7, 11) is -7.36. The standard InChI is InChI=1S/C23H32N2O4.C18H18N2O5S.C16H17N3O5S.C14H12F3N5O7S/c1-7-16-13-15(3)14-17(8-2)18(16)19-20(26)24-9-11-28-12-10-25(24)21(19)29-22(27)23(4,5)6;1-25-16-5-3-2-4-15(16)18(22)20-26(23,24)14-10-6-12(7-11-14)17(21)19-13-8-9-13;1-9-10(15(20)11-8-17-19(2)16(11)21)4-5-13(25(3,22)23)14(9)12-6-7-24-18-12;1-28-8-5-9(29-2)20-12(19-8)21-13(25)22-30(26,27)10-6(11(23)24)3-4-7(18-10)14(15,16)17/h13-14H,7-12H2,1-6H3;2-7,10-11,13H,8-9H2,1H3,(H,19,21)(H,20,22);4-5,8,17H,6-7H2,1-3H3;3-5H,1-2H3,(H,23,24)(H2,19,20,21,22,25). The van der Waals surface area contributed by atoms with E-state index in [2.05, 4.69) is 63.4 Å². The molecule has 4 aromatic carbocycles. The number of ether oxygens (including phenoxy) is 5. The molecule has 0 bridgehead atoms. The summed E-state index contributed by atoms with van der Waals surface area (Å²) in [6.07, 6.45) is 1.35. The zero-order valence-corrected chi connectivity index (χ0v) is 63.9. The lowest BCUT2D eigenvalue weighted by Crippen LogP contribution is -2.36. The van der Waals surface area contributed by atoms with Crippen LogP contribution in [-0.2, 0) is 83.4 Å². The Kier molecular flexibility index (Phi) is 26.6. The number of esters is 1. The number of anilines is 1. The molecule has 6 heterocycles. The molecule has 1 fully saturated rings. The molecule has 0 atom stereocenters. The van der Waals surface area contributed by atoms with E-state index in [0.717, 1.165) is 48.6 Å². The Bertz CT molecular complexity index is 5350. The van der Waals surface area contributed by atoms with Gasteiger partial charge in [-0.3, -0.25) is 38.8 Å². The van der Waals surface area contributed by atoms with E-state index in [1.165, 1.54) is 98.1 Å². The number of nitrogens with zero attached hydrogens (tertiary/aromatic N) is 7. The van der Waals surface area contributed by atoms with Crippen molar-refractivity contribution >= 4 is 77.1 Å². The summed E-state index contributed by atoms with van der Waals surface area (Å²) >= 11 is 0. The number of hydrogen-bond donors (Lipinski definition) is 6. The molecule has 0 radical (unpaired) electrons. The van der Waals surface area contributed by atoms with Crippen molar-refractivity contribution in [3.05, 3.63) is 179 Å². The van der Waals surface area contributed by atoms with E-state index in [4.69, 9.17) is 33.6 Å².